The minimum absolute atomic E-state index is 0.548. The molecule has 0 amide bonds. The zero-order valence-corrected chi connectivity index (χ0v) is 13.8. The summed E-state index contributed by atoms with van der Waals surface area (Å²) in [6.45, 7) is 12.8. The Balaban J connectivity index is 2.57. The fraction of sp³-hybridized carbons (Fsp3) is 0.786. The Morgan fingerprint density at radius 2 is 2.00 bits per heavy atom. The predicted octanol–water partition coefficient (Wildman–Crippen LogP) is 3.89. The second-order valence-corrected chi connectivity index (χ2v) is 5.99. The van der Waals surface area contributed by atoms with Crippen molar-refractivity contribution in [1.82, 2.24) is 15.1 Å². The Labute approximate surface area is 119 Å². The van der Waals surface area contributed by atoms with Gasteiger partial charge in [0.2, 0.25) is 0 Å². The maximum atomic E-state index is 4.51. The van der Waals surface area contributed by atoms with Gasteiger partial charge >= 0.3 is 0 Å². The molecule has 3 nitrogen and oxygen atoms in total. The third kappa shape index (κ3) is 4.09. The van der Waals surface area contributed by atoms with E-state index in [2.05, 4.69) is 58.7 Å². The Bertz CT molecular complexity index is 373. The molecule has 104 valence electrons. The second-order valence-electron chi connectivity index (χ2n) is 5.19. The summed E-state index contributed by atoms with van der Waals surface area (Å²) in [6, 6.07) is 0.548. The highest BCUT2D eigenvalue weighted by atomic mass is 79.9. The number of hydrogen-bond acceptors (Lipinski definition) is 2. The first-order chi connectivity index (χ1) is 8.49. The topological polar surface area (TPSA) is 29.9 Å². The molecule has 0 saturated carbocycles. The van der Waals surface area contributed by atoms with Crippen molar-refractivity contribution in [3.05, 3.63) is 15.9 Å². The maximum absolute atomic E-state index is 4.51. The largest absolute Gasteiger partial charge is 0.309 e. The molecule has 0 aliphatic carbocycles. The van der Waals surface area contributed by atoms with Crippen LogP contribution in [0, 0.1) is 12.8 Å². The Kier molecular flexibility index (Phi) is 6.36. The number of rotatable bonds is 7. The fourth-order valence-electron chi connectivity index (χ4n) is 2.16. The van der Waals surface area contributed by atoms with Crippen LogP contribution >= 0.6 is 15.9 Å². The zero-order valence-electron chi connectivity index (χ0n) is 12.3. The van der Waals surface area contributed by atoms with Crippen LogP contribution in [0.4, 0.5) is 0 Å². The number of aromatic nitrogens is 2. The summed E-state index contributed by atoms with van der Waals surface area (Å²) in [5.41, 5.74) is 2.33. The van der Waals surface area contributed by atoms with Gasteiger partial charge in [-0.2, -0.15) is 5.10 Å². The van der Waals surface area contributed by atoms with Gasteiger partial charge in [0.25, 0.3) is 0 Å². The molecule has 0 saturated heterocycles. The van der Waals surface area contributed by atoms with Gasteiger partial charge in [-0.25, -0.2) is 0 Å². The van der Waals surface area contributed by atoms with E-state index in [0.29, 0.717) is 6.04 Å². The van der Waals surface area contributed by atoms with E-state index in [1.165, 1.54) is 18.5 Å². The SMILES string of the molecule is CCC(C)CC(C)NCc1c(Br)c(C)nn1CC. The van der Waals surface area contributed by atoms with E-state index < -0.39 is 0 Å². The Hall–Kier alpha value is -0.350. The van der Waals surface area contributed by atoms with Crippen LogP contribution in [0.15, 0.2) is 4.47 Å². The molecule has 0 aliphatic rings. The molecule has 0 spiro atoms. The molecule has 1 N–H and O–H groups in total. The highest BCUT2D eigenvalue weighted by Crippen LogP contribution is 2.21. The third-order valence-corrected chi connectivity index (χ3v) is 4.56. The van der Waals surface area contributed by atoms with Gasteiger partial charge in [0.05, 0.1) is 15.9 Å². The first-order valence-corrected chi connectivity index (χ1v) is 7.73. The van der Waals surface area contributed by atoms with Crippen molar-refractivity contribution in [2.24, 2.45) is 5.92 Å². The van der Waals surface area contributed by atoms with Crippen molar-refractivity contribution in [1.29, 1.82) is 0 Å². The first-order valence-electron chi connectivity index (χ1n) is 6.94. The summed E-state index contributed by atoms with van der Waals surface area (Å²) in [7, 11) is 0. The van der Waals surface area contributed by atoms with Crippen molar-refractivity contribution >= 4 is 15.9 Å². The molecule has 2 atom stereocenters. The van der Waals surface area contributed by atoms with Gasteiger partial charge in [0.15, 0.2) is 0 Å². The van der Waals surface area contributed by atoms with Gasteiger partial charge in [0.1, 0.15) is 0 Å². The van der Waals surface area contributed by atoms with Crippen molar-refractivity contribution in [3.63, 3.8) is 0 Å². The second kappa shape index (κ2) is 7.29. The lowest BCUT2D eigenvalue weighted by Crippen LogP contribution is -2.28. The lowest BCUT2D eigenvalue weighted by Gasteiger charge is -2.18. The molecule has 18 heavy (non-hydrogen) atoms. The molecule has 2 unspecified atom stereocenters. The van der Waals surface area contributed by atoms with Crippen LogP contribution in [0.1, 0.15) is 51.9 Å². The van der Waals surface area contributed by atoms with Crippen LogP contribution in [0.3, 0.4) is 0 Å². The monoisotopic (exact) mass is 315 g/mol. The minimum atomic E-state index is 0.548. The fourth-order valence-corrected chi connectivity index (χ4v) is 2.59. The summed E-state index contributed by atoms with van der Waals surface area (Å²) in [5.74, 6) is 0.786. The molecule has 4 heteroatoms. The summed E-state index contributed by atoms with van der Waals surface area (Å²) in [4.78, 5) is 0. The Morgan fingerprint density at radius 1 is 1.33 bits per heavy atom. The number of halogens is 1. The zero-order chi connectivity index (χ0) is 13.7. The van der Waals surface area contributed by atoms with Gasteiger partial charge in [-0.3, -0.25) is 4.68 Å². The van der Waals surface area contributed by atoms with E-state index in [0.717, 1.165) is 29.2 Å². The normalized spacial score (nSPS) is 14.8. The molecular weight excluding hydrogens is 290 g/mol. The van der Waals surface area contributed by atoms with E-state index in [1.54, 1.807) is 0 Å². The quantitative estimate of drug-likeness (QED) is 0.827. The van der Waals surface area contributed by atoms with Crippen LogP contribution < -0.4 is 5.32 Å². The van der Waals surface area contributed by atoms with E-state index in [4.69, 9.17) is 0 Å². The summed E-state index contributed by atoms with van der Waals surface area (Å²) in [5, 5.41) is 8.12. The lowest BCUT2D eigenvalue weighted by molar-refractivity contribution is 0.406. The molecule has 0 aromatic carbocycles. The average Bonchev–Trinajstić information content (AvgIpc) is 2.62. The molecule has 0 bridgehead atoms. The van der Waals surface area contributed by atoms with Crippen LogP contribution in [-0.2, 0) is 13.1 Å². The molecule has 0 aliphatic heterocycles. The Morgan fingerprint density at radius 3 is 2.56 bits per heavy atom. The van der Waals surface area contributed by atoms with E-state index in [-0.39, 0.29) is 0 Å². The highest BCUT2D eigenvalue weighted by molar-refractivity contribution is 9.10. The predicted molar refractivity (Wildman–Crippen MR) is 80.7 cm³/mol. The van der Waals surface area contributed by atoms with Crippen molar-refractivity contribution in [2.45, 2.75) is 66.6 Å². The van der Waals surface area contributed by atoms with E-state index >= 15 is 0 Å². The minimum Gasteiger partial charge on any atom is -0.309 e. The molecule has 1 aromatic rings. The summed E-state index contributed by atoms with van der Waals surface area (Å²) < 4.78 is 3.22. The van der Waals surface area contributed by atoms with Gasteiger partial charge in [-0.1, -0.05) is 20.3 Å². The maximum Gasteiger partial charge on any atom is 0.0739 e. The van der Waals surface area contributed by atoms with Crippen LogP contribution in [-0.4, -0.2) is 15.8 Å². The molecule has 0 radical (unpaired) electrons. The van der Waals surface area contributed by atoms with Crippen molar-refractivity contribution in [2.75, 3.05) is 0 Å². The van der Waals surface area contributed by atoms with Crippen molar-refractivity contribution < 1.29 is 0 Å². The van der Waals surface area contributed by atoms with E-state index in [9.17, 15) is 0 Å². The summed E-state index contributed by atoms with van der Waals surface area (Å²) >= 11 is 3.63. The van der Waals surface area contributed by atoms with E-state index in [1.807, 2.05) is 6.92 Å². The number of nitrogens with one attached hydrogen (secondary N) is 1. The smallest absolute Gasteiger partial charge is 0.0739 e. The number of aryl methyl sites for hydroxylation is 2. The lowest BCUT2D eigenvalue weighted by atomic mass is 10.0. The van der Waals surface area contributed by atoms with Gasteiger partial charge in [-0.05, 0) is 49.0 Å². The van der Waals surface area contributed by atoms with Crippen LogP contribution in [0.5, 0.6) is 0 Å². The number of hydrogen-bond donors (Lipinski definition) is 1. The first kappa shape index (κ1) is 15.7. The molecule has 1 aromatic heterocycles. The van der Waals surface area contributed by atoms with Gasteiger partial charge in [0, 0.05) is 19.1 Å². The standard InChI is InChI=1S/C14H26BrN3/c1-6-10(3)8-11(4)16-9-13-14(15)12(5)17-18(13)7-2/h10-11,16H,6-9H2,1-5H3. The third-order valence-electron chi connectivity index (χ3n) is 3.52. The molecule has 1 heterocycles. The average molecular weight is 316 g/mol. The molecule has 1 rings (SSSR count). The molecule has 0 fully saturated rings. The summed E-state index contributed by atoms with van der Waals surface area (Å²) in [6.07, 6.45) is 2.48. The van der Waals surface area contributed by atoms with Gasteiger partial charge < -0.3 is 5.32 Å². The van der Waals surface area contributed by atoms with Crippen molar-refractivity contribution in [3.8, 4) is 0 Å². The molecular formula is C14H26BrN3. The van der Waals surface area contributed by atoms with Crippen LogP contribution in [0.2, 0.25) is 0 Å². The highest BCUT2D eigenvalue weighted by Gasteiger charge is 2.13. The number of nitrogens with zero attached hydrogens (tertiary/aromatic N) is 2. The van der Waals surface area contributed by atoms with Crippen LogP contribution in [0.25, 0.3) is 0 Å². The van der Waals surface area contributed by atoms with Gasteiger partial charge in [-0.15, -0.1) is 0 Å².